The van der Waals surface area contributed by atoms with Crippen molar-refractivity contribution in [2.45, 2.75) is 51.6 Å². The summed E-state index contributed by atoms with van der Waals surface area (Å²) < 4.78 is 40.4. The molecule has 3 rings (SSSR count). The number of amides is 1. The molecule has 7 heteroatoms. The molecule has 28 heavy (non-hydrogen) atoms. The van der Waals surface area contributed by atoms with E-state index in [-0.39, 0.29) is 35.2 Å². The number of carbonyl (C=O) groups is 1. The normalized spacial score (nSPS) is 25.4. The summed E-state index contributed by atoms with van der Waals surface area (Å²) in [4.78, 5) is 14.5. The Bertz CT molecular complexity index is 697. The number of hydrogen-bond donors (Lipinski definition) is 2. The SMILES string of the molecule is CN[C@@H](CC(C)C)C(=O)N[C@H]1CC[C@@H]2CN(c3cc(F)ccc3C(F)F)C[C@@H]21. The van der Waals surface area contributed by atoms with E-state index in [2.05, 4.69) is 24.5 Å². The predicted molar refractivity (Wildman–Crippen MR) is 104 cm³/mol. The Morgan fingerprint density at radius 2 is 2.00 bits per heavy atom. The third kappa shape index (κ3) is 4.45. The second-order valence-electron chi connectivity index (χ2n) is 8.50. The molecule has 0 spiro atoms. The molecule has 1 heterocycles. The summed E-state index contributed by atoms with van der Waals surface area (Å²) in [5.41, 5.74) is 0.150. The van der Waals surface area contributed by atoms with Crippen LogP contribution in [0.1, 0.15) is 45.1 Å². The molecule has 4 nitrogen and oxygen atoms in total. The van der Waals surface area contributed by atoms with E-state index in [9.17, 15) is 18.0 Å². The van der Waals surface area contributed by atoms with Crippen molar-refractivity contribution >= 4 is 11.6 Å². The lowest BCUT2D eigenvalue weighted by molar-refractivity contribution is -0.124. The van der Waals surface area contributed by atoms with E-state index in [0.717, 1.165) is 25.3 Å². The quantitative estimate of drug-likeness (QED) is 0.737. The van der Waals surface area contributed by atoms with Gasteiger partial charge in [-0.25, -0.2) is 13.2 Å². The molecule has 0 radical (unpaired) electrons. The first-order chi connectivity index (χ1) is 13.3. The van der Waals surface area contributed by atoms with Crippen LogP contribution in [0.25, 0.3) is 0 Å². The van der Waals surface area contributed by atoms with Crippen LogP contribution in [0.2, 0.25) is 0 Å². The minimum atomic E-state index is -2.64. The van der Waals surface area contributed by atoms with Gasteiger partial charge in [0.15, 0.2) is 0 Å². The monoisotopic (exact) mass is 397 g/mol. The van der Waals surface area contributed by atoms with Gasteiger partial charge in [-0.1, -0.05) is 13.8 Å². The summed E-state index contributed by atoms with van der Waals surface area (Å²) in [5.74, 6) is 0.431. The van der Waals surface area contributed by atoms with Crippen molar-refractivity contribution in [1.29, 1.82) is 0 Å². The number of hydrogen-bond acceptors (Lipinski definition) is 3. The van der Waals surface area contributed by atoms with E-state index in [4.69, 9.17) is 0 Å². The van der Waals surface area contributed by atoms with Crippen molar-refractivity contribution < 1.29 is 18.0 Å². The highest BCUT2D eigenvalue weighted by Crippen LogP contribution is 2.42. The number of rotatable bonds is 7. The maximum Gasteiger partial charge on any atom is 0.265 e. The maximum absolute atomic E-state index is 13.7. The number of fused-ring (bicyclic) bond motifs is 1. The fraction of sp³-hybridized carbons (Fsp3) is 0.667. The average molecular weight is 397 g/mol. The summed E-state index contributed by atoms with van der Waals surface area (Å²) >= 11 is 0. The van der Waals surface area contributed by atoms with Crippen LogP contribution >= 0.6 is 0 Å². The largest absolute Gasteiger partial charge is 0.370 e. The topological polar surface area (TPSA) is 44.4 Å². The van der Waals surface area contributed by atoms with Crippen molar-refractivity contribution in [3.05, 3.63) is 29.6 Å². The molecule has 1 amide bonds. The van der Waals surface area contributed by atoms with Gasteiger partial charge in [-0.3, -0.25) is 4.79 Å². The number of anilines is 1. The fourth-order valence-corrected chi connectivity index (χ4v) is 4.73. The highest BCUT2D eigenvalue weighted by Gasteiger charge is 2.44. The predicted octanol–water partition coefficient (Wildman–Crippen LogP) is 3.73. The van der Waals surface area contributed by atoms with Gasteiger partial charge in [0.2, 0.25) is 5.91 Å². The van der Waals surface area contributed by atoms with Gasteiger partial charge in [-0.05, 0) is 56.3 Å². The van der Waals surface area contributed by atoms with Crippen molar-refractivity contribution in [3.63, 3.8) is 0 Å². The van der Waals surface area contributed by atoms with Crippen LogP contribution in [-0.4, -0.2) is 38.1 Å². The molecule has 1 aromatic rings. The second-order valence-corrected chi connectivity index (χ2v) is 8.50. The van der Waals surface area contributed by atoms with Gasteiger partial charge in [0.25, 0.3) is 6.43 Å². The number of benzene rings is 1. The zero-order valence-corrected chi connectivity index (χ0v) is 16.7. The first-order valence-electron chi connectivity index (χ1n) is 10.1. The summed E-state index contributed by atoms with van der Waals surface area (Å²) in [6.45, 7) is 5.35. The van der Waals surface area contributed by atoms with Gasteiger partial charge < -0.3 is 15.5 Å². The van der Waals surface area contributed by atoms with Crippen LogP contribution in [0, 0.1) is 23.6 Å². The molecule has 2 N–H and O–H groups in total. The molecule has 1 saturated carbocycles. The minimum absolute atomic E-state index is 0.000625. The summed E-state index contributed by atoms with van der Waals surface area (Å²) in [7, 11) is 1.79. The number of nitrogens with zero attached hydrogens (tertiary/aromatic N) is 1. The van der Waals surface area contributed by atoms with E-state index in [1.165, 1.54) is 12.1 Å². The first kappa shape index (κ1) is 21.0. The van der Waals surface area contributed by atoms with Crippen molar-refractivity contribution in [2.24, 2.45) is 17.8 Å². The molecule has 2 fully saturated rings. The zero-order valence-electron chi connectivity index (χ0n) is 16.7. The van der Waals surface area contributed by atoms with Gasteiger partial charge in [0.1, 0.15) is 5.82 Å². The van der Waals surface area contributed by atoms with Gasteiger partial charge in [-0.15, -0.1) is 0 Å². The summed E-state index contributed by atoms with van der Waals surface area (Å²) in [6, 6.07) is 3.26. The fourth-order valence-electron chi connectivity index (χ4n) is 4.73. The molecule has 156 valence electrons. The number of halogens is 3. The first-order valence-corrected chi connectivity index (χ1v) is 10.1. The summed E-state index contributed by atoms with van der Waals surface area (Å²) in [5, 5.41) is 6.26. The van der Waals surface area contributed by atoms with E-state index < -0.39 is 12.2 Å². The Kier molecular flexibility index (Phi) is 6.53. The average Bonchev–Trinajstić information content (AvgIpc) is 3.21. The van der Waals surface area contributed by atoms with Gasteiger partial charge in [0.05, 0.1) is 6.04 Å². The highest BCUT2D eigenvalue weighted by molar-refractivity contribution is 5.82. The van der Waals surface area contributed by atoms with E-state index in [1.54, 1.807) is 7.05 Å². The zero-order chi connectivity index (χ0) is 20.4. The molecule has 1 aromatic carbocycles. The third-order valence-electron chi connectivity index (χ3n) is 6.12. The molecule has 2 aliphatic rings. The molecule has 1 saturated heterocycles. The lowest BCUT2D eigenvalue weighted by atomic mass is 9.97. The summed E-state index contributed by atoms with van der Waals surface area (Å²) in [6.07, 6.45) is -0.0347. The van der Waals surface area contributed by atoms with Crippen LogP contribution in [0.4, 0.5) is 18.9 Å². The van der Waals surface area contributed by atoms with Crippen molar-refractivity contribution in [1.82, 2.24) is 10.6 Å². The van der Waals surface area contributed by atoms with Crippen LogP contribution in [-0.2, 0) is 4.79 Å². The van der Waals surface area contributed by atoms with Crippen LogP contribution in [0.5, 0.6) is 0 Å². The van der Waals surface area contributed by atoms with Gasteiger partial charge in [-0.2, -0.15) is 0 Å². The van der Waals surface area contributed by atoms with Crippen molar-refractivity contribution in [3.8, 4) is 0 Å². The standard InChI is InChI=1S/C21H30F3N3O/c1-12(2)8-18(25-3)21(28)26-17-7-4-13-10-27(11-16(13)17)19-9-14(22)5-6-15(19)20(23)24/h5-6,9,12-13,16-18,20,25H,4,7-8,10-11H2,1-3H3,(H,26,28)/t13-,16+,17+,18+/m1/s1. The lowest BCUT2D eigenvalue weighted by Gasteiger charge is -2.26. The molecular formula is C21H30F3N3O. The number of alkyl halides is 2. The van der Waals surface area contributed by atoms with Crippen LogP contribution in [0.3, 0.4) is 0 Å². The molecule has 0 bridgehead atoms. The van der Waals surface area contributed by atoms with Gasteiger partial charge >= 0.3 is 0 Å². The molecule has 0 unspecified atom stereocenters. The van der Waals surface area contributed by atoms with Crippen molar-refractivity contribution in [2.75, 3.05) is 25.0 Å². The van der Waals surface area contributed by atoms with Gasteiger partial charge in [0, 0.05) is 36.3 Å². The number of likely N-dealkylation sites (N-methyl/N-ethyl adjacent to an activating group) is 1. The maximum atomic E-state index is 13.7. The highest BCUT2D eigenvalue weighted by atomic mass is 19.3. The molecule has 1 aliphatic carbocycles. The molecule has 4 atom stereocenters. The number of carbonyl (C=O) groups excluding carboxylic acids is 1. The third-order valence-corrected chi connectivity index (χ3v) is 6.12. The van der Waals surface area contributed by atoms with Crippen LogP contribution < -0.4 is 15.5 Å². The molecular weight excluding hydrogens is 367 g/mol. The minimum Gasteiger partial charge on any atom is -0.370 e. The Hall–Kier alpha value is -1.76. The van der Waals surface area contributed by atoms with E-state index in [1.807, 2.05) is 4.90 Å². The smallest absolute Gasteiger partial charge is 0.265 e. The molecule has 0 aromatic heterocycles. The Morgan fingerprint density at radius 1 is 1.25 bits per heavy atom. The number of nitrogens with one attached hydrogen (secondary N) is 2. The Balaban J connectivity index is 1.69. The van der Waals surface area contributed by atoms with E-state index in [0.29, 0.717) is 24.9 Å². The molecule has 1 aliphatic heterocycles. The Labute approximate surface area is 164 Å². The van der Waals surface area contributed by atoms with Crippen LogP contribution in [0.15, 0.2) is 18.2 Å². The lowest BCUT2D eigenvalue weighted by Crippen LogP contribution is -2.49. The van der Waals surface area contributed by atoms with E-state index >= 15 is 0 Å². The second kappa shape index (κ2) is 8.72. The Morgan fingerprint density at radius 3 is 2.64 bits per heavy atom.